The van der Waals surface area contributed by atoms with E-state index in [0.29, 0.717) is 0 Å². The fraction of sp³-hybridized carbons (Fsp3) is 0.316. The number of nitrogens with zero attached hydrogens (tertiary/aromatic N) is 3. The smallest absolute Gasteiger partial charge is 0.186 e. The monoisotopic (exact) mass is 325 g/mol. The molecule has 0 amide bonds. The average Bonchev–Trinajstić information content (AvgIpc) is 2.95. The maximum atomic E-state index is 4.85. The van der Waals surface area contributed by atoms with E-state index in [0.717, 1.165) is 30.3 Å². The van der Waals surface area contributed by atoms with Gasteiger partial charge in [-0.2, -0.15) is 0 Å². The number of hydrogen-bond acceptors (Lipinski definition) is 4. The zero-order chi connectivity index (χ0) is 16.2. The predicted molar refractivity (Wildman–Crippen MR) is 100 cm³/mol. The molecule has 0 fully saturated rings. The third kappa shape index (κ3) is 4.09. The van der Waals surface area contributed by atoms with Crippen LogP contribution in [0.1, 0.15) is 11.1 Å². The van der Waals surface area contributed by atoms with Crippen LogP contribution in [0, 0.1) is 6.92 Å². The van der Waals surface area contributed by atoms with Gasteiger partial charge in [0.25, 0.3) is 0 Å². The second-order valence-electron chi connectivity index (χ2n) is 6.18. The molecule has 0 N–H and O–H groups in total. The molecule has 0 aliphatic rings. The van der Waals surface area contributed by atoms with Crippen molar-refractivity contribution in [1.82, 2.24) is 9.88 Å². The van der Waals surface area contributed by atoms with E-state index in [2.05, 4.69) is 79.3 Å². The van der Waals surface area contributed by atoms with Crippen molar-refractivity contribution in [2.45, 2.75) is 13.5 Å². The molecule has 0 atom stereocenters. The lowest BCUT2D eigenvalue weighted by molar-refractivity contribution is 0.412. The number of aromatic nitrogens is 1. The van der Waals surface area contributed by atoms with Crippen molar-refractivity contribution in [2.75, 3.05) is 32.1 Å². The predicted octanol–water partition coefficient (Wildman–Crippen LogP) is 4.17. The lowest BCUT2D eigenvalue weighted by atomic mass is 10.2. The third-order valence-electron chi connectivity index (χ3n) is 3.84. The molecule has 0 radical (unpaired) electrons. The molecule has 0 unspecified atom stereocenters. The van der Waals surface area contributed by atoms with Crippen LogP contribution in [-0.2, 0) is 6.54 Å². The molecule has 4 heteroatoms. The van der Waals surface area contributed by atoms with Crippen LogP contribution in [0.25, 0.3) is 10.2 Å². The Kier molecular flexibility index (Phi) is 4.94. The number of likely N-dealkylation sites (N-methyl/N-ethyl adjacent to an activating group) is 1. The molecule has 0 saturated heterocycles. The first kappa shape index (κ1) is 16.0. The number of fused-ring (bicyclic) bond motifs is 1. The topological polar surface area (TPSA) is 19.4 Å². The number of aryl methyl sites for hydroxylation is 1. The Hall–Kier alpha value is -1.91. The van der Waals surface area contributed by atoms with Crippen LogP contribution in [0.15, 0.2) is 48.5 Å². The van der Waals surface area contributed by atoms with Crippen molar-refractivity contribution in [3.05, 3.63) is 59.7 Å². The van der Waals surface area contributed by atoms with E-state index in [1.54, 1.807) is 11.3 Å². The van der Waals surface area contributed by atoms with Gasteiger partial charge in [-0.25, -0.2) is 4.98 Å². The van der Waals surface area contributed by atoms with Crippen molar-refractivity contribution in [3.8, 4) is 0 Å². The van der Waals surface area contributed by atoms with Gasteiger partial charge in [0.15, 0.2) is 5.13 Å². The van der Waals surface area contributed by atoms with Gasteiger partial charge < -0.3 is 9.80 Å². The Bertz CT molecular complexity index is 765. The summed E-state index contributed by atoms with van der Waals surface area (Å²) in [6.45, 7) is 5.02. The Morgan fingerprint density at radius 3 is 2.52 bits per heavy atom. The summed E-state index contributed by atoms with van der Waals surface area (Å²) in [5.74, 6) is 0. The van der Waals surface area contributed by atoms with Crippen molar-refractivity contribution >= 4 is 26.7 Å². The molecule has 1 aromatic heterocycles. The van der Waals surface area contributed by atoms with Crippen LogP contribution in [-0.4, -0.2) is 37.1 Å². The molecule has 3 nitrogen and oxygen atoms in total. The van der Waals surface area contributed by atoms with E-state index in [-0.39, 0.29) is 0 Å². The molecule has 0 aliphatic carbocycles. The van der Waals surface area contributed by atoms with E-state index in [1.807, 2.05) is 0 Å². The summed E-state index contributed by atoms with van der Waals surface area (Å²) in [6.07, 6.45) is 0. The van der Waals surface area contributed by atoms with Gasteiger partial charge in [0.2, 0.25) is 0 Å². The molecule has 3 rings (SSSR count). The molecule has 3 aromatic rings. The molecule has 0 spiro atoms. The number of anilines is 1. The van der Waals surface area contributed by atoms with Crippen molar-refractivity contribution in [2.24, 2.45) is 0 Å². The van der Waals surface area contributed by atoms with Crippen molar-refractivity contribution in [3.63, 3.8) is 0 Å². The Balaban J connectivity index is 1.88. The zero-order valence-corrected chi connectivity index (χ0v) is 14.8. The SMILES string of the molecule is Cc1ccc2nc(N(CCN(C)C)Cc3ccccc3)sc2c1. The molecular weight excluding hydrogens is 302 g/mol. The van der Waals surface area contributed by atoms with Gasteiger partial charge >= 0.3 is 0 Å². The lowest BCUT2D eigenvalue weighted by Crippen LogP contribution is -2.31. The molecule has 120 valence electrons. The van der Waals surface area contributed by atoms with Crippen LogP contribution in [0.2, 0.25) is 0 Å². The highest BCUT2D eigenvalue weighted by Crippen LogP contribution is 2.30. The molecule has 0 aliphatic heterocycles. The minimum atomic E-state index is 0.896. The Labute approximate surface area is 142 Å². The van der Waals surface area contributed by atoms with Crippen LogP contribution < -0.4 is 4.90 Å². The summed E-state index contributed by atoms with van der Waals surface area (Å²) in [4.78, 5) is 9.46. The minimum absolute atomic E-state index is 0.896. The van der Waals surface area contributed by atoms with Gasteiger partial charge in [-0.05, 0) is 44.3 Å². The Morgan fingerprint density at radius 2 is 1.78 bits per heavy atom. The molecule has 0 saturated carbocycles. The second kappa shape index (κ2) is 7.11. The summed E-state index contributed by atoms with van der Waals surface area (Å²) in [5.41, 5.74) is 3.70. The quantitative estimate of drug-likeness (QED) is 0.678. The van der Waals surface area contributed by atoms with Crippen LogP contribution in [0.4, 0.5) is 5.13 Å². The first-order valence-corrected chi connectivity index (χ1v) is 8.74. The normalized spacial score (nSPS) is 11.3. The first-order chi connectivity index (χ1) is 11.1. The number of thiazole rings is 1. The summed E-state index contributed by atoms with van der Waals surface area (Å²) >= 11 is 1.79. The van der Waals surface area contributed by atoms with Gasteiger partial charge in [0.1, 0.15) is 0 Å². The van der Waals surface area contributed by atoms with Crippen LogP contribution in [0.5, 0.6) is 0 Å². The fourth-order valence-electron chi connectivity index (χ4n) is 2.52. The Morgan fingerprint density at radius 1 is 1.00 bits per heavy atom. The number of rotatable bonds is 6. The number of hydrogen-bond donors (Lipinski definition) is 0. The van der Waals surface area contributed by atoms with Crippen LogP contribution in [0.3, 0.4) is 0 Å². The van der Waals surface area contributed by atoms with Gasteiger partial charge in [0, 0.05) is 19.6 Å². The molecule has 1 heterocycles. The average molecular weight is 325 g/mol. The zero-order valence-electron chi connectivity index (χ0n) is 14.0. The highest BCUT2D eigenvalue weighted by molar-refractivity contribution is 7.22. The van der Waals surface area contributed by atoms with Gasteiger partial charge in [0.05, 0.1) is 10.2 Å². The molecular formula is C19H23N3S. The summed E-state index contributed by atoms with van der Waals surface area (Å²) in [6, 6.07) is 17.1. The van der Waals surface area contributed by atoms with E-state index in [4.69, 9.17) is 4.98 Å². The highest BCUT2D eigenvalue weighted by Gasteiger charge is 2.13. The molecule has 2 aromatic carbocycles. The van der Waals surface area contributed by atoms with Gasteiger partial charge in [-0.15, -0.1) is 0 Å². The van der Waals surface area contributed by atoms with Crippen molar-refractivity contribution < 1.29 is 0 Å². The van der Waals surface area contributed by atoms with Gasteiger partial charge in [-0.3, -0.25) is 0 Å². The highest BCUT2D eigenvalue weighted by atomic mass is 32.1. The third-order valence-corrected chi connectivity index (χ3v) is 4.92. The van der Waals surface area contributed by atoms with E-state index in [9.17, 15) is 0 Å². The summed E-state index contributed by atoms with van der Waals surface area (Å²) in [7, 11) is 4.23. The largest absolute Gasteiger partial charge is 0.342 e. The van der Waals surface area contributed by atoms with E-state index in [1.165, 1.54) is 15.8 Å². The summed E-state index contributed by atoms with van der Waals surface area (Å²) in [5, 5.41) is 1.11. The fourth-order valence-corrected chi connectivity index (χ4v) is 3.61. The maximum absolute atomic E-state index is 4.85. The summed E-state index contributed by atoms with van der Waals surface area (Å²) < 4.78 is 1.27. The molecule has 23 heavy (non-hydrogen) atoms. The lowest BCUT2D eigenvalue weighted by Gasteiger charge is -2.23. The minimum Gasteiger partial charge on any atom is -0.342 e. The maximum Gasteiger partial charge on any atom is 0.186 e. The second-order valence-corrected chi connectivity index (χ2v) is 7.19. The van der Waals surface area contributed by atoms with E-state index >= 15 is 0 Å². The first-order valence-electron chi connectivity index (χ1n) is 7.92. The van der Waals surface area contributed by atoms with Gasteiger partial charge in [-0.1, -0.05) is 47.7 Å². The van der Waals surface area contributed by atoms with E-state index < -0.39 is 0 Å². The van der Waals surface area contributed by atoms with Crippen molar-refractivity contribution in [1.29, 1.82) is 0 Å². The molecule has 0 bridgehead atoms. The van der Waals surface area contributed by atoms with Crippen LogP contribution >= 0.6 is 11.3 Å². The standard InChI is InChI=1S/C19H23N3S/c1-15-9-10-17-18(13-15)23-19(20-17)22(12-11-21(2)3)14-16-7-5-4-6-8-16/h4-10,13H,11-12,14H2,1-3H3. The number of benzene rings is 2.